The van der Waals surface area contributed by atoms with Crippen molar-refractivity contribution < 1.29 is 4.79 Å². The highest BCUT2D eigenvalue weighted by Crippen LogP contribution is 2.28. The minimum absolute atomic E-state index is 0. The van der Waals surface area contributed by atoms with E-state index in [-0.39, 0.29) is 24.2 Å². The van der Waals surface area contributed by atoms with Gasteiger partial charge in [-0.1, -0.05) is 6.92 Å². The van der Waals surface area contributed by atoms with Gasteiger partial charge in [-0.2, -0.15) is 0 Å². The van der Waals surface area contributed by atoms with Crippen molar-refractivity contribution in [3.05, 3.63) is 20.8 Å². The third-order valence-electron chi connectivity index (χ3n) is 2.44. The zero-order valence-electron chi connectivity index (χ0n) is 9.90. The third kappa shape index (κ3) is 5.38. The molecule has 98 valence electrons. The second-order valence-corrected chi connectivity index (χ2v) is 6.44. The molecule has 0 fully saturated rings. The van der Waals surface area contributed by atoms with Crippen molar-refractivity contribution in [2.45, 2.75) is 19.8 Å². The van der Waals surface area contributed by atoms with Gasteiger partial charge in [-0.25, -0.2) is 0 Å². The number of thiophene rings is 1. The molecule has 1 aromatic rings. The van der Waals surface area contributed by atoms with Gasteiger partial charge in [0.15, 0.2) is 0 Å². The zero-order valence-corrected chi connectivity index (χ0v) is 13.1. The van der Waals surface area contributed by atoms with Crippen LogP contribution in [0.15, 0.2) is 15.9 Å². The predicted molar refractivity (Wildman–Crippen MR) is 78.9 cm³/mol. The number of hydrogen-bond donors (Lipinski definition) is 2. The summed E-state index contributed by atoms with van der Waals surface area (Å²) in [6, 6.07) is 3.94. The Morgan fingerprint density at radius 3 is 2.65 bits per heavy atom. The number of carbonyl (C=O) groups excluding carboxylic acids is 1. The van der Waals surface area contributed by atoms with E-state index in [2.05, 4.69) is 21.2 Å². The lowest BCUT2D eigenvalue weighted by molar-refractivity contribution is -0.122. The summed E-state index contributed by atoms with van der Waals surface area (Å²) < 4.78 is 1.05. The molecule has 0 spiro atoms. The molecular weight excluding hydrogens is 324 g/mol. The molecular formula is C11H18BrClN2OS. The summed E-state index contributed by atoms with van der Waals surface area (Å²) >= 11 is 4.99. The number of rotatable bonds is 5. The summed E-state index contributed by atoms with van der Waals surface area (Å²) in [5, 5.41) is 2.91. The van der Waals surface area contributed by atoms with Crippen molar-refractivity contribution >= 4 is 45.6 Å². The molecule has 3 N–H and O–H groups in total. The Kier molecular flexibility index (Phi) is 8.03. The molecule has 0 aliphatic heterocycles. The van der Waals surface area contributed by atoms with Crippen LogP contribution in [0.2, 0.25) is 0 Å². The third-order valence-corrected chi connectivity index (χ3v) is 4.25. The quantitative estimate of drug-likeness (QED) is 0.865. The van der Waals surface area contributed by atoms with Crippen LogP contribution in [-0.2, 0) is 4.79 Å². The molecule has 0 saturated heterocycles. The van der Waals surface area contributed by atoms with Crippen molar-refractivity contribution in [3.8, 4) is 0 Å². The Bertz CT molecular complexity index is 359. The Morgan fingerprint density at radius 2 is 2.18 bits per heavy atom. The molecule has 2 unspecified atom stereocenters. The van der Waals surface area contributed by atoms with Crippen molar-refractivity contribution in [2.75, 3.05) is 13.1 Å². The molecule has 0 radical (unpaired) electrons. The van der Waals surface area contributed by atoms with Gasteiger partial charge in [-0.15, -0.1) is 23.7 Å². The maximum atomic E-state index is 11.8. The minimum atomic E-state index is -0.0960. The van der Waals surface area contributed by atoms with Crippen LogP contribution in [-0.4, -0.2) is 19.0 Å². The Labute approximate surface area is 121 Å². The van der Waals surface area contributed by atoms with Crippen molar-refractivity contribution in [1.82, 2.24) is 5.32 Å². The number of amides is 1. The van der Waals surface area contributed by atoms with Gasteiger partial charge in [0.25, 0.3) is 0 Å². The van der Waals surface area contributed by atoms with Gasteiger partial charge in [0.2, 0.25) is 5.91 Å². The normalized spacial score (nSPS) is 13.6. The van der Waals surface area contributed by atoms with E-state index in [1.54, 1.807) is 11.3 Å². The van der Waals surface area contributed by atoms with E-state index in [9.17, 15) is 4.79 Å². The van der Waals surface area contributed by atoms with Crippen LogP contribution in [0.3, 0.4) is 0 Å². The number of carbonyl (C=O) groups is 1. The highest BCUT2D eigenvalue weighted by atomic mass is 79.9. The van der Waals surface area contributed by atoms with Crippen LogP contribution in [0.4, 0.5) is 0 Å². The highest BCUT2D eigenvalue weighted by molar-refractivity contribution is 9.11. The van der Waals surface area contributed by atoms with E-state index in [0.29, 0.717) is 19.0 Å². The molecule has 0 aliphatic carbocycles. The Morgan fingerprint density at radius 1 is 1.53 bits per heavy atom. The first-order chi connectivity index (χ1) is 7.54. The number of nitrogens with two attached hydrogens (primary N) is 1. The van der Waals surface area contributed by atoms with E-state index in [0.717, 1.165) is 8.66 Å². The van der Waals surface area contributed by atoms with Gasteiger partial charge in [0.1, 0.15) is 0 Å². The summed E-state index contributed by atoms with van der Waals surface area (Å²) in [5.74, 6) is 0.294. The molecule has 17 heavy (non-hydrogen) atoms. The fourth-order valence-electron chi connectivity index (χ4n) is 1.20. The first-order valence-corrected chi connectivity index (χ1v) is 6.88. The second-order valence-electron chi connectivity index (χ2n) is 3.95. The summed E-state index contributed by atoms with van der Waals surface area (Å²) in [5.41, 5.74) is 5.49. The second kappa shape index (κ2) is 8.08. The average Bonchev–Trinajstić information content (AvgIpc) is 2.71. The van der Waals surface area contributed by atoms with Crippen LogP contribution in [0.5, 0.6) is 0 Å². The van der Waals surface area contributed by atoms with Gasteiger partial charge in [-0.05, 0) is 47.4 Å². The SMILES string of the molecule is CC(CN)CNC(=O)C(C)c1ccc(Br)s1.Cl. The molecule has 2 atom stereocenters. The average molecular weight is 342 g/mol. The van der Waals surface area contributed by atoms with Crippen molar-refractivity contribution in [1.29, 1.82) is 0 Å². The first kappa shape index (κ1) is 16.9. The van der Waals surface area contributed by atoms with E-state index < -0.39 is 0 Å². The van der Waals surface area contributed by atoms with Crippen molar-refractivity contribution in [3.63, 3.8) is 0 Å². The first-order valence-electron chi connectivity index (χ1n) is 5.27. The lowest BCUT2D eigenvalue weighted by Gasteiger charge is -2.13. The molecule has 0 bridgehead atoms. The smallest absolute Gasteiger partial charge is 0.228 e. The summed E-state index contributed by atoms with van der Waals surface area (Å²) in [6.07, 6.45) is 0. The molecule has 6 heteroatoms. The van der Waals surface area contributed by atoms with Crippen LogP contribution in [0.25, 0.3) is 0 Å². The van der Waals surface area contributed by atoms with E-state index >= 15 is 0 Å². The van der Waals surface area contributed by atoms with Gasteiger partial charge in [0.05, 0.1) is 9.70 Å². The molecule has 1 aromatic heterocycles. The minimum Gasteiger partial charge on any atom is -0.355 e. The van der Waals surface area contributed by atoms with E-state index in [4.69, 9.17) is 5.73 Å². The van der Waals surface area contributed by atoms with Gasteiger partial charge < -0.3 is 11.1 Å². The number of hydrogen-bond acceptors (Lipinski definition) is 3. The zero-order chi connectivity index (χ0) is 12.1. The highest BCUT2D eigenvalue weighted by Gasteiger charge is 2.17. The maximum absolute atomic E-state index is 11.8. The predicted octanol–water partition coefficient (Wildman–Crippen LogP) is 2.75. The molecule has 3 nitrogen and oxygen atoms in total. The monoisotopic (exact) mass is 340 g/mol. The standard InChI is InChI=1S/C11H17BrN2OS.ClH/c1-7(5-13)6-14-11(15)8(2)9-3-4-10(12)16-9;/h3-4,7-8H,5-6,13H2,1-2H3,(H,14,15);1H. The van der Waals surface area contributed by atoms with Gasteiger partial charge in [0, 0.05) is 11.4 Å². The van der Waals surface area contributed by atoms with E-state index in [1.165, 1.54) is 0 Å². The molecule has 0 saturated carbocycles. The molecule has 1 heterocycles. The van der Waals surface area contributed by atoms with Gasteiger partial charge in [-0.3, -0.25) is 4.79 Å². The fourth-order valence-corrected chi connectivity index (χ4v) is 2.68. The lowest BCUT2D eigenvalue weighted by atomic mass is 10.1. The summed E-state index contributed by atoms with van der Waals surface area (Å²) in [4.78, 5) is 12.9. The number of halogens is 2. The van der Waals surface area contributed by atoms with Crippen LogP contribution in [0.1, 0.15) is 24.6 Å². The summed E-state index contributed by atoms with van der Waals surface area (Å²) in [6.45, 7) is 5.18. The Balaban J connectivity index is 0.00000256. The lowest BCUT2D eigenvalue weighted by Crippen LogP contribution is -2.33. The molecule has 1 rings (SSSR count). The number of nitrogens with one attached hydrogen (secondary N) is 1. The topological polar surface area (TPSA) is 55.1 Å². The fraction of sp³-hybridized carbons (Fsp3) is 0.545. The largest absolute Gasteiger partial charge is 0.355 e. The molecule has 1 amide bonds. The maximum Gasteiger partial charge on any atom is 0.228 e. The van der Waals surface area contributed by atoms with Crippen LogP contribution in [0, 0.1) is 5.92 Å². The van der Waals surface area contributed by atoms with E-state index in [1.807, 2.05) is 26.0 Å². The van der Waals surface area contributed by atoms with Crippen molar-refractivity contribution in [2.24, 2.45) is 11.7 Å². The Hall–Kier alpha value is -0.100. The molecule has 0 aromatic carbocycles. The van der Waals surface area contributed by atoms with Crippen LogP contribution >= 0.6 is 39.7 Å². The van der Waals surface area contributed by atoms with Gasteiger partial charge >= 0.3 is 0 Å². The molecule has 0 aliphatic rings. The summed E-state index contributed by atoms with van der Waals surface area (Å²) in [7, 11) is 0. The van der Waals surface area contributed by atoms with Crippen LogP contribution < -0.4 is 11.1 Å².